The van der Waals surface area contributed by atoms with Crippen LogP contribution in [0.3, 0.4) is 0 Å². The van der Waals surface area contributed by atoms with Gasteiger partial charge in [0.15, 0.2) is 0 Å². The van der Waals surface area contributed by atoms with E-state index in [9.17, 15) is 13.7 Å². The molecule has 0 aliphatic carbocycles. The minimum Gasteiger partial charge on any atom is -0.269 e. The number of hydrogen-bond acceptors (Lipinski definition) is 3. The number of nitriles is 1. The first-order chi connectivity index (χ1) is 18.4. The molecular formula is C33H34N2O2S. The van der Waals surface area contributed by atoms with Gasteiger partial charge in [0.2, 0.25) is 0 Å². The Labute approximate surface area is 227 Å². The SMILES string of the molecule is Cc1ccc(S(=O)(=O)N(C)c2cc(CCCc3ccccc3)c(C#N)c(CCCc3ccccc3)c2)cc1. The molecule has 4 aromatic rings. The zero-order valence-electron chi connectivity index (χ0n) is 22.1. The number of aryl methyl sites for hydroxylation is 5. The molecule has 0 spiro atoms. The summed E-state index contributed by atoms with van der Waals surface area (Å²) >= 11 is 0. The van der Waals surface area contributed by atoms with Crippen LogP contribution in [-0.2, 0) is 35.7 Å². The molecule has 0 saturated carbocycles. The van der Waals surface area contributed by atoms with Gasteiger partial charge in [0.25, 0.3) is 10.0 Å². The molecule has 0 amide bonds. The van der Waals surface area contributed by atoms with Gasteiger partial charge in [-0.05, 0) is 92.0 Å². The van der Waals surface area contributed by atoms with E-state index < -0.39 is 10.0 Å². The van der Waals surface area contributed by atoms with Gasteiger partial charge in [-0.25, -0.2) is 8.42 Å². The number of rotatable bonds is 11. The Kier molecular flexibility index (Phi) is 8.99. The van der Waals surface area contributed by atoms with Gasteiger partial charge in [0.05, 0.1) is 22.2 Å². The summed E-state index contributed by atoms with van der Waals surface area (Å²) in [4.78, 5) is 0.256. The second kappa shape index (κ2) is 12.6. The quantitative estimate of drug-likeness (QED) is 0.212. The highest BCUT2D eigenvalue weighted by Crippen LogP contribution is 2.29. The number of nitrogens with zero attached hydrogens (tertiary/aromatic N) is 2. The van der Waals surface area contributed by atoms with Crippen LogP contribution in [-0.4, -0.2) is 15.5 Å². The van der Waals surface area contributed by atoms with Gasteiger partial charge < -0.3 is 0 Å². The van der Waals surface area contributed by atoms with Gasteiger partial charge in [-0.1, -0.05) is 78.4 Å². The number of benzene rings is 4. The van der Waals surface area contributed by atoms with Crippen LogP contribution < -0.4 is 4.31 Å². The summed E-state index contributed by atoms with van der Waals surface area (Å²) in [6.45, 7) is 1.93. The first-order valence-electron chi connectivity index (χ1n) is 13.1. The van der Waals surface area contributed by atoms with Gasteiger partial charge >= 0.3 is 0 Å². The van der Waals surface area contributed by atoms with Crippen LogP contribution in [0.15, 0.2) is 102 Å². The molecule has 0 bridgehead atoms. The summed E-state index contributed by atoms with van der Waals surface area (Å²) in [6, 6.07) is 33.7. The Bertz CT molecular complexity index is 1420. The maximum absolute atomic E-state index is 13.5. The molecule has 0 atom stereocenters. The van der Waals surface area contributed by atoms with Crippen molar-refractivity contribution in [3.63, 3.8) is 0 Å². The van der Waals surface area contributed by atoms with E-state index in [0.717, 1.165) is 42.4 Å². The molecule has 0 unspecified atom stereocenters. The molecule has 0 aliphatic heterocycles. The normalized spacial score (nSPS) is 11.2. The highest BCUT2D eigenvalue weighted by Gasteiger charge is 2.23. The number of sulfonamides is 1. The lowest BCUT2D eigenvalue weighted by Crippen LogP contribution is -2.27. The van der Waals surface area contributed by atoms with Crippen LogP contribution in [0, 0.1) is 18.3 Å². The van der Waals surface area contributed by atoms with Crippen molar-refractivity contribution in [2.24, 2.45) is 0 Å². The maximum Gasteiger partial charge on any atom is 0.264 e. The standard InChI is InChI=1S/C33H34N2O2S/c1-26-19-21-32(22-20-26)38(36,37)35(2)31-23-29(17-9-15-27-11-5-3-6-12-27)33(25-34)30(24-31)18-10-16-28-13-7-4-8-14-28/h3-8,11-14,19-24H,9-10,15-18H2,1-2H3. The fourth-order valence-electron chi connectivity index (χ4n) is 4.73. The molecular weight excluding hydrogens is 488 g/mol. The lowest BCUT2D eigenvalue weighted by Gasteiger charge is -2.22. The van der Waals surface area contributed by atoms with Crippen LogP contribution in [0.25, 0.3) is 0 Å². The van der Waals surface area contributed by atoms with E-state index in [-0.39, 0.29) is 4.90 Å². The fraction of sp³-hybridized carbons (Fsp3) is 0.242. The summed E-state index contributed by atoms with van der Waals surface area (Å²) in [6.07, 6.45) is 4.96. The summed E-state index contributed by atoms with van der Waals surface area (Å²) < 4.78 is 28.3. The Morgan fingerprint density at radius 2 is 1.18 bits per heavy atom. The van der Waals surface area contributed by atoms with Crippen molar-refractivity contribution in [2.45, 2.75) is 50.3 Å². The molecule has 0 saturated heterocycles. The molecule has 0 aromatic heterocycles. The first kappa shape index (κ1) is 27.2. The second-order valence-electron chi connectivity index (χ2n) is 9.71. The molecule has 0 heterocycles. The predicted molar refractivity (Wildman–Crippen MR) is 155 cm³/mol. The van der Waals surface area contributed by atoms with E-state index in [2.05, 4.69) is 30.3 Å². The molecule has 4 aromatic carbocycles. The summed E-state index contributed by atoms with van der Waals surface area (Å²) in [5.74, 6) is 0. The molecule has 194 valence electrons. The Balaban J connectivity index is 1.64. The Hall–Kier alpha value is -3.88. The molecule has 4 rings (SSSR count). The zero-order chi connectivity index (χ0) is 27.0. The zero-order valence-corrected chi connectivity index (χ0v) is 22.9. The Morgan fingerprint density at radius 1 is 0.711 bits per heavy atom. The van der Waals surface area contributed by atoms with Crippen molar-refractivity contribution < 1.29 is 8.42 Å². The van der Waals surface area contributed by atoms with Crippen LogP contribution in [0.4, 0.5) is 5.69 Å². The third kappa shape index (κ3) is 6.70. The van der Waals surface area contributed by atoms with Gasteiger partial charge in [0.1, 0.15) is 0 Å². The van der Waals surface area contributed by atoms with E-state index in [1.807, 2.05) is 67.6 Å². The van der Waals surface area contributed by atoms with Gasteiger partial charge in [-0.2, -0.15) is 5.26 Å². The average Bonchev–Trinajstić information content (AvgIpc) is 2.94. The largest absolute Gasteiger partial charge is 0.269 e. The van der Waals surface area contributed by atoms with Crippen molar-refractivity contribution in [1.82, 2.24) is 0 Å². The molecule has 0 radical (unpaired) electrons. The van der Waals surface area contributed by atoms with E-state index in [1.165, 1.54) is 15.4 Å². The predicted octanol–water partition coefficient (Wildman–Crippen LogP) is 7.04. The minimum absolute atomic E-state index is 0.256. The van der Waals surface area contributed by atoms with Crippen molar-refractivity contribution in [2.75, 3.05) is 11.4 Å². The molecule has 38 heavy (non-hydrogen) atoms. The second-order valence-corrected chi connectivity index (χ2v) is 11.7. The van der Waals surface area contributed by atoms with E-state index in [4.69, 9.17) is 0 Å². The third-order valence-corrected chi connectivity index (χ3v) is 8.75. The summed E-state index contributed by atoms with van der Waals surface area (Å²) in [7, 11) is -2.14. The third-order valence-electron chi connectivity index (χ3n) is 6.95. The highest BCUT2D eigenvalue weighted by atomic mass is 32.2. The number of anilines is 1. The van der Waals surface area contributed by atoms with Crippen LogP contribution >= 0.6 is 0 Å². The maximum atomic E-state index is 13.5. The van der Waals surface area contributed by atoms with E-state index in [0.29, 0.717) is 24.1 Å². The van der Waals surface area contributed by atoms with Gasteiger partial charge in [-0.15, -0.1) is 0 Å². The molecule has 0 aliphatic rings. The fourth-order valence-corrected chi connectivity index (χ4v) is 5.91. The van der Waals surface area contributed by atoms with Crippen molar-refractivity contribution in [3.8, 4) is 6.07 Å². The summed E-state index contributed by atoms with van der Waals surface area (Å²) in [5.41, 5.74) is 6.59. The highest BCUT2D eigenvalue weighted by molar-refractivity contribution is 7.92. The van der Waals surface area contributed by atoms with Crippen molar-refractivity contribution in [1.29, 1.82) is 5.26 Å². The molecule has 0 fully saturated rings. The first-order valence-corrected chi connectivity index (χ1v) is 14.5. The summed E-state index contributed by atoms with van der Waals surface area (Å²) in [5, 5.41) is 10.1. The van der Waals surface area contributed by atoms with Crippen LogP contribution in [0.5, 0.6) is 0 Å². The number of hydrogen-bond donors (Lipinski definition) is 0. The monoisotopic (exact) mass is 522 g/mol. The van der Waals surface area contributed by atoms with Gasteiger partial charge in [0, 0.05) is 7.05 Å². The Morgan fingerprint density at radius 3 is 1.63 bits per heavy atom. The molecule has 0 N–H and O–H groups in total. The average molecular weight is 523 g/mol. The smallest absolute Gasteiger partial charge is 0.264 e. The van der Waals surface area contributed by atoms with Crippen molar-refractivity contribution in [3.05, 3.63) is 130 Å². The van der Waals surface area contributed by atoms with E-state index in [1.54, 1.807) is 19.2 Å². The molecule has 5 heteroatoms. The van der Waals surface area contributed by atoms with E-state index >= 15 is 0 Å². The van der Waals surface area contributed by atoms with Gasteiger partial charge in [-0.3, -0.25) is 4.31 Å². The van der Waals surface area contributed by atoms with Crippen LogP contribution in [0.1, 0.15) is 46.2 Å². The topological polar surface area (TPSA) is 61.2 Å². The lowest BCUT2D eigenvalue weighted by molar-refractivity contribution is 0.594. The lowest BCUT2D eigenvalue weighted by atomic mass is 9.93. The van der Waals surface area contributed by atoms with Crippen molar-refractivity contribution >= 4 is 15.7 Å². The minimum atomic E-state index is -3.74. The molecule has 4 nitrogen and oxygen atoms in total. The van der Waals surface area contributed by atoms with Crippen LogP contribution in [0.2, 0.25) is 0 Å².